The summed E-state index contributed by atoms with van der Waals surface area (Å²) in [4.78, 5) is 22.6. The average Bonchev–Trinajstić information content (AvgIpc) is 2.74. The van der Waals surface area contributed by atoms with E-state index in [1.807, 2.05) is 0 Å². The fourth-order valence-electron chi connectivity index (χ4n) is 2.75. The Kier molecular flexibility index (Phi) is 3.48. The van der Waals surface area contributed by atoms with Crippen molar-refractivity contribution in [3.63, 3.8) is 0 Å². The van der Waals surface area contributed by atoms with Gasteiger partial charge in [0, 0.05) is 35.3 Å². The molecule has 7 heteroatoms. The molecule has 2 heterocycles. The van der Waals surface area contributed by atoms with Crippen LogP contribution in [-0.4, -0.2) is 25.4 Å². The summed E-state index contributed by atoms with van der Waals surface area (Å²) >= 11 is 0. The maximum Gasteiger partial charge on any atom is 0.323 e. The van der Waals surface area contributed by atoms with Crippen molar-refractivity contribution in [2.24, 2.45) is 7.05 Å². The van der Waals surface area contributed by atoms with E-state index >= 15 is 0 Å². The van der Waals surface area contributed by atoms with Gasteiger partial charge < -0.3 is 9.67 Å². The van der Waals surface area contributed by atoms with Crippen molar-refractivity contribution in [3.8, 4) is 11.3 Å². The predicted octanol–water partition coefficient (Wildman–Crippen LogP) is 1.93. The maximum atomic E-state index is 13.7. The highest BCUT2D eigenvalue weighted by Crippen LogP contribution is 2.33. The first-order chi connectivity index (χ1) is 10.9. The van der Waals surface area contributed by atoms with Crippen molar-refractivity contribution < 1.29 is 14.3 Å². The number of nitrogens with zero attached hydrogens (tertiary/aromatic N) is 3. The van der Waals surface area contributed by atoms with Gasteiger partial charge in [0.05, 0.1) is 5.69 Å². The Morgan fingerprint density at radius 1 is 1.30 bits per heavy atom. The van der Waals surface area contributed by atoms with Gasteiger partial charge in [-0.3, -0.25) is 9.59 Å². The normalized spacial score (nSPS) is 11.1. The molecule has 0 saturated carbocycles. The van der Waals surface area contributed by atoms with Crippen LogP contribution in [0.3, 0.4) is 0 Å². The van der Waals surface area contributed by atoms with Crippen LogP contribution in [0.15, 0.2) is 35.1 Å². The monoisotopic (exact) mass is 315 g/mol. The number of hydrogen-bond acceptors (Lipinski definition) is 3. The number of rotatable bonds is 3. The van der Waals surface area contributed by atoms with Crippen LogP contribution in [0.25, 0.3) is 22.2 Å². The number of carbonyl (C=O) groups is 1. The van der Waals surface area contributed by atoms with E-state index in [0.717, 1.165) is 0 Å². The highest BCUT2D eigenvalue weighted by molar-refractivity contribution is 5.97. The standard InChI is InChI=1S/C16H14FN3O3/c1-9-16(12-4-6-14(21)19(2)18-12)11-7-10(17)3-5-13(11)20(9)8-15(22)23/h3-7H,8H2,1-2H3,(H,22,23). The number of carboxylic acid groups (broad SMARTS) is 1. The maximum absolute atomic E-state index is 13.7. The lowest BCUT2D eigenvalue weighted by Crippen LogP contribution is -2.18. The number of halogens is 1. The first-order valence-electron chi connectivity index (χ1n) is 6.93. The van der Waals surface area contributed by atoms with E-state index in [2.05, 4.69) is 5.10 Å². The Hall–Kier alpha value is -2.96. The Morgan fingerprint density at radius 2 is 2.04 bits per heavy atom. The Balaban J connectivity index is 2.37. The third kappa shape index (κ3) is 2.50. The van der Waals surface area contributed by atoms with Crippen molar-refractivity contribution >= 4 is 16.9 Å². The van der Waals surface area contributed by atoms with Gasteiger partial charge in [0.1, 0.15) is 12.4 Å². The second-order valence-electron chi connectivity index (χ2n) is 5.28. The van der Waals surface area contributed by atoms with Gasteiger partial charge in [0.2, 0.25) is 0 Å². The summed E-state index contributed by atoms with van der Waals surface area (Å²) in [6.07, 6.45) is 0. The Morgan fingerprint density at radius 3 is 2.70 bits per heavy atom. The lowest BCUT2D eigenvalue weighted by atomic mass is 10.1. The zero-order valence-corrected chi connectivity index (χ0v) is 12.6. The van der Waals surface area contributed by atoms with Crippen LogP contribution in [0.4, 0.5) is 4.39 Å². The largest absolute Gasteiger partial charge is 0.480 e. The topological polar surface area (TPSA) is 77.1 Å². The van der Waals surface area contributed by atoms with Gasteiger partial charge in [0.15, 0.2) is 0 Å². The molecule has 0 aliphatic heterocycles. The molecule has 2 aromatic heterocycles. The summed E-state index contributed by atoms with van der Waals surface area (Å²) in [5, 5.41) is 13.9. The molecule has 0 radical (unpaired) electrons. The van der Waals surface area contributed by atoms with Gasteiger partial charge in [-0.05, 0) is 31.2 Å². The number of hydrogen-bond donors (Lipinski definition) is 1. The molecule has 0 amide bonds. The molecule has 0 fully saturated rings. The molecular formula is C16H14FN3O3. The van der Waals surface area contributed by atoms with Gasteiger partial charge in [-0.2, -0.15) is 5.10 Å². The van der Waals surface area contributed by atoms with Crippen LogP contribution in [0.1, 0.15) is 5.69 Å². The fourth-order valence-corrected chi connectivity index (χ4v) is 2.75. The van der Waals surface area contributed by atoms with Crippen LogP contribution in [0.5, 0.6) is 0 Å². The second-order valence-corrected chi connectivity index (χ2v) is 5.28. The number of aromatic nitrogens is 3. The minimum atomic E-state index is -0.991. The minimum Gasteiger partial charge on any atom is -0.480 e. The third-order valence-electron chi connectivity index (χ3n) is 3.80. The number of fused-ring (bicyclic) bond motifs is 1. The minimum absolute atomic E-state index is 0.236. The summed E-state index contributed by atoms with van der Waals surface area (Å²) in [5.41, 5.74) is 2.11. The van der Waals surface area contributed by atoms with Crippen molar-refractivity contribution in [1.82, 2.24) is 14.3 Å². The van der Waals surface area contributed by atoms with E-state index in [4.69, 9.17) is 5.11 Å². The van der Waals surface area contributed by atoms with Crippen LogP contribution < -0.4 is 5.56 Å². The second kappa shape index (κ2) is 5.35. The van der Waals surface area contributed by atoms with E-state index < -0.39 is 11.8 Å². The summed E-state index contributed by atoms with van der Waals surface area (Å²) in [7, 11) is 1.53. The molecule has 1 N–H and O–H groups in total. The fraction of sp³-hybridized carbons (Fsp3) is 0.188. The molecule has 23 heavy (non-hydrogen) atoms. The van der Waals surface area contributed by atoms with Gasteiger partial charge in [0.25, 0.3) is 5.56 Å². The predicted molar refractivity (Wildman–Crippen MR) is 82.7 cm³/mol. The van der Waals surface area contributed by atoms with Crippen LogP contribution >= 0.6 is 0 Å². The highest BCUT2D eigenvalue weighted by atomic mass is 19.1. The van der Waals surface area contributed by atoms with Crippen LogP contribution in [0.2, 0.25) is 0 Å². The number of aryl methyl sites for hydroxylation is 1. The number of benzene rings is 1. The van der Waals surface area contributed by atoms with E-state index in [0.29, 0.717) is 27.9 Å². The van der Waals surface area contributed by atoms with Crippen molar-refractivity contribution in [2.75, 3.05) is 0 Å². The first kappa shape index (κ1) is 15.0. The third-order valence-corrected chi connectivity index (χ3v) is 3.80. The van der Waals surface area contributed by atoms with E-state index in [1.54, 1.807) is 23.6 Å². The first-order valence-corrected chi connectivity index (χ1v) is 6.93. The zero-order valence-electron chi connectivity index (χ0n) is 12.6. The molecule has 0 bridgehead atoms. The Labute approximate surface area is 130 Å². The molecule has 3 rings (SSSR count). The SMILES string of the molecule is Cc1c(-c2ccc(=O)n(C)n2)c2cc(F)ccc2n1CC(=O)O. The van der Waals surface area contributed by atoms with Gasteiger partial charge in [-0.1, -0.05) is 0 Å². The zero-order chi connectivity index (χ0) is 16.7. The molecular weight excluding hydrogens is 301 g/mol. The van der Waals surface area contributed by atoms with Crippen LogP contribution in [0, 0.1) is 12.7 Å². The molecule has 0 spiro atoms. The van der Waals surface area contributed by atoms with Crippen molar-refractivity contribution in [2.45, 2.75) is 13.5 Å². The summed E-state index contributed by atoms with van der Waals surface area (Å²) in [6.45, 7) is 1.52. The van der Waals surface area contributed by atoms with E-state index in [-0.39, 0.29) is 12.1 Å². The van der Waals surface area contributed by atoms with Gasteiger partial charge in [-0.25, -0.2) is 9.07 Å². The average molecular weight is 315 g/mol. The quantitative estimate of drug-likeness (QED) is 0.801. The lowest BCUT2D eigenvalue weighted by molar-refractivity contribution is -0.137. The van der Waals surface area contributed by atoms with E-state index in [1.165, 1.54) is 29.9 Å². The van der Waals surface area contributed by atoms with Crippen molar-refractivity contribution in [3.05, 3.63) is 52.2 Å². The molecule has 0 saturated heterocycles. The van der Waals surface area contributed by atoms with Crippen molar-refractivity contribution in [1.29, 1.82) is 0 Å². The van der Waals surface area contributed by atoms with Crippen LogP contribution in [-0.2, 0) is 18.4 Å². The molecule has 118 valence electrons. The molecule has 1 aromatic carbocycles. The smallest absolute Gasteiger partial charge is 0.323 e. The Bertz CT molecular complexity index is 988. The molecule has 6 nitrogen and oxygen atoms in total. The summed E-state index contributed by atoms with van der Waals surface area (Å²) in [6, 6.07) is 7.12. The summed E-state index contributed by atoms with van der Waals surface area (Å²) in [5.74, 6) is -1.41. The summed E-state index contributed by atoms with van der Waals surface area (Å²) < 4.78 is 16.5. The van der Waals surface area contributed by atoms with E-state index in [9.17, 15) is 14.0 Å². The van der Waals surface area contributed by atoms with Gasteiger partial charge >= 0.3 is 5.97 Å². The molecule has 3 aromatic rings. The highest BCUT2D eigenvalue weighted by Gasteiger charge is 2.19. The molecule has 0 aliphatic rings. The molecule has 0 aliphatic carbocycles. The molecule has 0 unspecified atom stereocenters. The lowest BCUT2D eigenvalue weighted by Gasteiger charge is -2.06. The number of aliphatic carboxylic acids is 1. The van der Waals surface area contributed by atoms with Gasteiger partial charge in [-0.15, -0.1) is 0 Å². The number of carboxylic acids is 1. The molecule has 0 atom stereocenters.